The van der Waals surface area contributed by atoms with Crippen LogP contribution in [0.3, 0.4) is 0 Å². The van der Waals surface area contributed by atoms with Crippen molar-refractivity contribution in [2.45, 2.75) is 12.5 Å². The lowest BCUT2D eigenvalue weighted by Gasteiger charge is -2.18. The number of nitrogens with one attached hydrogen (secondary N) is 1. The molecule has 0 amide bonds. The Morgan fingerprint density at radius 2 is 1.90 bits per heavy atom. The molecule has 2 aromatic carbocycles. The third-order valence-electron chi connectivity index (χ3n) is 3.35. The molecular formula is C16H16BrF2NO. The Hall–Kier alpha value is -1.46. The maximum Gasteiger partial charge on any atom is 0.165 e. The minimum absolute atomic E-state index is 0.0669. The van der Waals surface area contributed by atoms with E-state index >= 15 is 0 Å². The van der Waals surface area contributed by atoms with Crippen LogP contribution in [-0.2, 0) is 6.42 Å². The predicted octanol–water partition coefficient (Wildman–Crippen LogP) is 4.24. The van der Waals surface area contributed by atoms with Crippen molar-refractivity contribution in [1.29, 1.82) is 0 Å². The summed E-state index contributed by atoms with van der Waals surface area (Å²) in [4.78, 5) is 0. The first-order valence-corrected chi connectivity index (χ1v) is 7.29. The van der Waals surface area contributed by atoms with Crippen LogP contribution in [0.15, 0.2) is 40.9 Å². The molecule has 0 aliphatic carbocycles. The zero-order chi connectivity index (χ0) is 15.4. The average molecular weight is 356 g/mol. The van der Waals surface area contributed by atoms with E-state index in [9.17, 15) is 8.78 Å². The van der Waals surface area contributed by atoms with E-state index in [0.717, 1.165) is 11.1 Å². The van der Waals surface area contributed by atoms with Gasteiger partial charge >= 0.3 is 0 Å². The van der Waals surface area contributed by atoms with Gasteiger partial charge in [0.1, 0.15) is 5.82 Å². The first-order valence-electron chi connectivity index (χ1n) is 6.49. The second-order valence-electron chi connectivity index (χ2n) is 4.69. The number of hydrogen-bond donors (Lipinski definition) is 1. The van der Waals surface area contributed by atoms with Crippen LogP contribution in [0.4, 0.5) is 8.78 Å². The van der Waals surface area contributed by atoms with Gasteiger partial charge in [-0.05, 0) is 64.8 Å². The number of ether oxygens (including phenoxy) is 1. The van der Waals surface area contributed by atoms with Gasteiger partial charge in [-0.2, -0.15) is 0 Å². The Morgan fingerprint density at radius 3 is 2.48 bits per heavy atom. The smallest absolute Gasteiger partial charge is 0.165 e. The monoisotopic (exact) mass is 355 g/mol. The van der Waals surface area contributed by atoms with E-state index in [2.05, 4.69) is 21.2 Å². The Bertz CT molecular complexity index is 634. The Balaban J connectivity index is 2.23. The predicted molar refractivity (Wildman–Crippen MR) is 82.6 cm³/mol. The highest BCUT2D eigenvalue weighted by molar-refractivity contribution is 9.10. The molecule has 5 heteroatoms. The summed E-state index contributed by atoms with van der Waals surface area (Å²) < 4.78 is 32.4. The maximum atomic E-state index is 13.8. The van der Waals surface area contributed by atoms with E-state index in [0.29, 0.717) is 10.9 Å². The highest BCUT2D eigenvalue weighted by atomic mass is 79.9. The SMILES string of the molecule is CNC(Cc1ccc(F)c(Br)c1)c1ccc(OC)c(F)c1. The standard InChI is InChI=1S/C16H16BrF2NO/c1-20-15(8-10-3-5-13(18)12(17)7-10)11-4-6-16(21-2)14(19)9-11/h3-7,9,15,20H,8H2,1-2H3. The molecule has 1 unspecified atom stereocenters. The normalized spacial score (nSPS) is 12.2. The number of likely N-dealkylation sites (N-methyl/N-ethyl adjacent to an activating group) is 1. The van der Waals surface area contributed by atoms with Crippen molar-refractivity contribution in [2.24, 2.45) is 0 Å². The molecule has 1 atom stereocenters. The minimum atomic E-state index is -0.393. The van der Waals surface area contributed by atoms with Crippen molar-refractivity contribution in [3.63, 3.8) is 0 Å². The molecule has 21 heavy (non-hydrogen) atoms. The van der Waals surface area contributed by atoms with Crippen LogP contribution < -0.4 is 10.1 Å². The van der Waals surface area contributed by atoms with E-state index in [4.69, 9.17) is 4.74 Å². The molecule has 2 aromatic rings. The zero-order valence-electron chi connectivity index (χ0n) is 11.8. The molecule has 0 spiro atoms. The molecule has 0 heterocycles. The molecule has 0 aromatic heterocycles. The quantitative estimate of drug-likeness (QED) is 0.865. The van der Waals surface area contributed by atoms with Crippen molar-refractivity contribution in [3.05, 3.63) is 63.6 Å². The first kappa shape index (κ1) is 15.9. The number of methoxy groups -OCH3 is 1. The van der Waals surface area contributed by atoms with Crippen molar-refractivity contribution in [3.8, 4) is 5.75 Å². The van der Waals surface area contributed by atoms with Crippen LogP contribution in [0, 0.1) is 11.6 Å². The van der Waals surface area contributed by atoms with Crippen molar-refractivity contribution in [2.75, 3.05) is 14.2 Å². The fourth-order valence-electron chi connectivity index (χ4n) is 2.19. The Morgan fingerprint density at radius 1 is 1.14 bits per heavy atom. The maximum absolute atomic E-state index is 13.8. The van der Waals surface area contributed by atoms with Crippen LogP contribution in [0.1, 0.15) is 17.2 Å². The van der Waals surface area contributed by atoms with Gasteiger partial charge in [0.2, 0.25) is 0 Å². The van der Waals surface area contributed by atoms with E-state index in [1.54, 1.807) is 18.2 Å². The summed E-state index contributed by atoms with van der Waals surface area (Å²) in [7, 11) is 3.25. The number of benzene rings is 2. The van der Waals surface area contributed by atoms with Gasteiger partial charge in [-0.25, -0.2) is 8.78 Å². The van der Waals surface area contributed by atoms with Gasteiger partial charge in [0.15, 0.2) is 11.6 Å². The van der Waals surface area contributed by atoms with Gasteiger partial charge in [0.05, 0.1) is 11.6 Å². The summed E-state index contributed by atoms with van der Waals surface area (Å²) in [5, 5.41) is 3.15. The highest BCUT2D eigenvalue weighted by Gasteiger charge is 2.14. The molecule has 0 fully saturated rings. The fourth-order valence-corrected chi connectivity index (χ4v) is 2.61. The summed E-state index contributed by atoms with van der Waals surface area (Å²) in [5.74, 6) is -0.469. The van der Waals surface area contributed by atoms with Crippen LogP contribution in [-0.4, -0.2) is 14.2 Å². The molecule has 112 valence electrons. The van der Waals surface area contributed by atoms with Gasteiger partial charge in [-0.15, -0.1) is 0 Å². The average Bonchev–Trinajstić information content (AvgIpc) is 2.48. The van der Waals surface area contributed by atoms with Gasteiger partial charge in [-0.3, -0.25) is 0 Å². The molecule has 2 nitrogen and oxygen atoms in total. The van der Waals surface area contributed by atoms with Crippen molar-refractivity contribution < 1.29 is 13.5 Å². The number of rotatable bonds is 5. The topological polar surface area (TPSA) is 21.3 Å². The lowest BCUT2D eigenvalue weighted by atomic mass is 9.98. The van der Waals surface area contributed by atoms with Crippen LogP contribution >= 0.6 is 15.9 Å². The van der Waals surface area contributed by atoms with Gasteiger partial charge in [-0.1, -0.05) is 12.1 Å². The lowest BCUT2D eigenvalue weighted by molar-refractivity contribution is 0.385. The number of hydrogen-bond acceptors (Lipinski definition) is 2. The number of halogens is 3. The largest absolute Gasteiger partial charge is 0.494 e. The lowest BCUT2D eigenvalue weighted by Crippen LogP contribution is -2.19. The zero-order valence-corrected chi connectivity index (χ0v) is 13.4. The third-order valence-corrected chi connectivity index (χ3v) is 3.96. The molecule has 2 rings (SSSR count). The second-order valence-corrected chi connectivity index (χ2v) is 5.54. The molecule has 0 aliphatic rings. The molecule has 0 radical (unpaired) electrons. The summed E-state index contributed by atoms with van der Waals surface area (Å²) >= 11 is 3.17. The summed E-state index contributed by atoms with van der Waals surface area (Å²) in [6.45, 7) is 0. The third kappa shape index (κ3) is 3.80. The van der Waals surface area contributed by atoms with Gasteiger partial charge in [0, 0.05) is 6.04 Å². The summed E-state index contributed by atoms with van der Waals surface area (Å²) in [6, 6.07) is 9.70. The Labute approximate surface area is 131 Å². The van der Waals surface area contributed by atoms with E-state index in [1.807, 2.05) is 13.1 Å². The molecule has 0 saturated heterocycles. The van der Waals surface area contributed by atoms with Crippen molar-refractivity contribution >= 4 is 15.9 Å². The molecule has 0 bridgehead atoms. The highest BCUT2D eigenvalue weighted by Crippen LogP contribution is 2.25. The van der Waals surface area contributed by atoms with Crippen LogP contribution in [0.25, 0.3) is 0 Å². The summed E-state index contributed by atoms with van der Waals surface area (Å²) in [5.41, 5.74) is 1.77. The Kier molecular flexibility index (Phi) is 5.31. The van der Waals surface area contributed by atoms with Gasteiger partial charge in [0.25, 0.3) is 0 Å². The van der Waals surface area contributed by atoms with E-state index in [-0.39, 0.29) is 17.6 Å². The van der Waals surface area contributed by atoms with E-state index in [1.165, 1.54) is 19.2 Å². The molecule has 1 N–H and O–H groups in total. The van der Waals surface area contributed by atoms with Crippen LogP contribution in [0.2, 0.25) is 0 Å². The summed E-state index contributed by atoms with van der Waals surface area (Å²) in [6.07, 6.45) is 0.626. The second kappa shape index (κ2) is 7.00. The first-order chi connectivity index (χ1) is 10.0. The van der Waals surface area contributed by atoms with Gasteiger partial charge < -0.3 is 10.1 Å². The molecular weight excluding hydrogens is 340 g/mol. The fraction of sp³-hybridized carbons (Fsp3) is 0.250. The van der Waals surface area contributed by atoms with Crippen molar-refractivity contribution in [1.82, 2.24) is 5.32 Å². The van der Waals surface area contributed by atoms with E-state index < -0.39 is 5.82 Å². The molecule has 0 aliphatic heterocycles. The minimum Gasteiger partial charge on any atom is -0.494 e. The molecule has 0 saturated carbocycles. The van der Waals surface area contributed by atoms with Crippen LogP contribution in [0.5, 0.6) is 5.75 Å².